The Morgan fingerprint density at radius 3 is 1.34 bits per heavy atom. The van der Waals surface area contributed by atoms with E-state index in [4.69, 9.17) is 0 Å². The minimum absolute atomic E-state index is 0.553. The molecule has 0 saturated heterocycles. The van der Waals surface area contributed by atoms with Gasteiger partial charge in [0.05, 0.1) is 0 Å². The van der Waals surface area contributed by atoms with Crippen LogP contribution in [-0.2, 0) is 0 Å². The molecule has 3 aromatic carbocycles. The Morgan fingerprint density at radius 1 is 0.526 bits per heavy atom. The van der Waals surface area contributed by atoms with Gasteiger partial charge in [-0.2, -0.15) is 0 Å². The van der Waals surface area contributed by atoms with Gasteiger partial charge in [0.25, 0.3) is 0 Å². The van der Waals surface area contributed by atoms with Crippen LogP contribution in [0.3, 0.4) is 0 Å². The SMILES string of the molecule is CC.CC.CN(C)C.CN(C)C.CNc1c(C(C)C)ccc2ccccc12.CNc1ccccc1C(C)C. The van der Waals surface area contributed by atoms with Crippen molar-refractivity contribution < 1.29 is 0 Å². The first kappa shape index (κ1) is 39.9. The van der Waals surface area contributed by atoms with Gasteiger partial charge in [0.2, 0.25) is 0 Å². The average Bonchev–Trinajstić information content (AvgIpc) is 2.89. The summed E-state index contributed by atoms with van der Waals surface area (Å²) in [4.78, 5) is 4.00. The number of nitrogens with one attached hydrogen (secondary N) is 2. The van der Waals surface area contributed by atoms with Crippen molar-refractivity contribution in [3.05, 3.63) is 71.8 Å². The molecule has 2 N–H and O–H groups in total. The molecule has 4 nitrogen and oxygen atoms in total. The number of hydrogen-bond donors (Lipinski definition) is 2. The quantitative estimate of drug-likeness (QED) is 0.354. The lowest BCUT2D eigenvalue weighted by atomic mass is 9.96. The third-order valence-electron chi connectivity index (χ3n) is 4.69. The monoisotopic (exact) mass is 526 g/mol. The van der Waals surface area contributed by atoms with Gasteiger partial charge in [0.1, 0.15) is 0 Å². The largest absolute Gasteiger partial charge is 0.388 e. The molecule has 0 atom stereocenters. The van der Waals surface area contributed by atoms with E-state index in [2.05, 4.69) is 99.0 Å². The molecule has 0 aromatic heterocycles. The molecule has 0 bridgehead atoms. The molecule has 0 aliphatic heterocycles. The molecule has 0 fully saturated rings. The maximum atomic E-state index is 3.32. The topological polar surface area (TPSA) is 30.5 Å². The number of benzene rings is 3. The summed E-state index contributed by atoms with van der Waals surface area (Å²) in [6.07, 6.45) is 0. The Bertz CT molecular complexity index is 919. The van der Waals surface area contributed by atoms with Gasteiger partial charge in [-0.05, 0) is 76.7 Å². The molecular weight excluding hydrogens is 464 g/mol. The molecule has 0 unspecified atom stereocenters. The third-order valence-corrected chi connectivity index (χ3v) is 4.69. The van der Waals surface area contributed by atoms with E-state index < -0.39 is 0 Å². The highest BCUT2D eigenvalue weighted by atomic mass is 15.0. The normalized spacial score (nSPS) is 9.47. The van der Waals surface area contributed by atoms with Gasteiger partial charge in [-0.3, -0.25) is 0 Å². The summed E-state index contributed by atoms with van der Waals surface area (Å²) < 4.78 is 0. The Balaban J connectivity index is -0.000000467. The van der Waals surface area contributed by atoms with Crippen LogP contribution < -0.4 is 10.6 Å². The van der Waals surface area contributed by atoms with Crippen LogP contribution in [0.15, 0.2) is 60.7 Å². The number of hydrogen-bond acceptors (Lipinski definition) is 4. The van der Waals surface area contributed by atoms with Crippen molar-refractivity contribution in [1.29, 1.82) is 0 Å². The summed E-state index contributed by atoms with van der Waals surface area (Å²) in [6, 6.07) is 21.3. The zero-order valence-corrected chi connectivity index (χ0v) is 27.8. The van der Waals surface area contributed by atoms with Crippen LogP contribution in [0.5, 0.6) is 0 Å². The van der Waals surface area contributed by atoms with Crippen molar-refractivity contribution in [3.8, 4) is 0 Å². The number of fused-ring (bicyclic) bond motifs is 1. The second-order valence-corrected chi connectivity index (χ2v) is 9.83. The Labute approximate surface area is 237 Å². The highest BCUT2D eigenvalue weighted by Crippen LogP contribution is 2.31. The minimum atomic E-state index is 0.553. The Hall–Kier alpha value is -2.56. The molecule has 0 amide bonds. The predicted molar refractivity (Wildman–Crippen MR) is 180 cm³/mol. The van der Waals surface area contributed by atoms with Crippen LogP contribution >= 0.6 is 0 Å². The Morgan fingerprint density at radius 2 is 0.947 bits per heavy atom. The van der Waals surface area contributed by atoms with E-state index in [1.165, 1.54) is 33.3 Å². The lowest BCUT2D eigenvalue weighted by molar-refractivity contribution is 0.505. The zero-order chi connectivity index (χ0) is 30.3. The van der Waals surface area contributed by atoms with Crippen molar-refractivity contribution in [1.82, 2.24) is 9.80 Å². The summed E-state index contributed by atoms with van der Waals surface area (Å²) in [6.45, 7) is 16.9. The molecule has 218 valence electrons. The van der Waals surface area contributed by atoms with E-state index in [-0.39, 0.29) is 0 Å². The van der Waals surface area contributed by atoms with Gasteiger partial charge >= 0.3 is 0 Å². The van der Waals surface area contributed by atoms with Gasteiger partial charge < -0.3 is 20.4 Å². The fraction of sp³-hybridized carbons (Fsp3) is 0.529. The van der Waals surface area contributed by atoms with Crippen LogP contribution in [0.2, 0.25) is 0 Å². The van der Waals surface area contributed by atoms with Crippen LogP contribution in [0.25, 0.3) is 10.8 Å². The molecule has 0 heterocycles. The third kappa shape index (κ3) is 17.8. The van der Waals surface area contributed by atoms with Crippen LogP contribution in [0.4, 0.5) is 11.4 Å². The smallest absolute Gasteiger partial charge is 0.0452 e. The predicted octanol–water partition coefficient (Wildman–Crippen LogP) is 9.26. The van der Waals surface area contributed by atoms with Gasteiger partial charge in [0.15, 0.2) is 0 Å². The minimum Gasteiger partial charge on any atom is -0.388 e. The highest BCUT2D eigenvalue weighted by Gasteiger charge is 2.08. The van der Waals surface area contributed by atoms with E-state index in [1.54, 1.807) is 0 Å². The average molecular weight is 527 g/mol. The lowest BCUT2D eigenvalue weighted by Crippen LogP contribution is -1.99. The van der Waals surface area contributed by atoms with Crippen molar-refractivity contribution in [2.24, 2.45) is 0 Å². The van der Waals surface area contributed by atoms with E-state index >= 15 is 0 Å². The number of para-hydroxylation sites is 1. The molecule has 38 heavy (non-hydrogen) atoms. The van der Waals surface area contributed by atoms with Gasteiger partial charge in [-0.25, -0.2) is 0 Å². The van der Waals surface area contributed by atoms with Crippen molar-refractivity contribution >= 4 is 22.1 Å². The summed E-state index contributed by atoms with van der Waals surface area (Å²) >= 11 is 0. The molecule has 0 radical (unpaired) electrons. The molecular formula is C34H62N4. The maximum Gasteiger partial charge on any atom is 0.0452 e. The number of nitrogens with zero attached hydrogens (tertiary/aromatic N) is 2. The number of anilines is 2. The zero-order valence-electron chi connectivity index (χ0n) is 27.8. The van der Waals surface area contributed by atoms with Crippen molar-refractivity contribution in [2.45, 2.75) is 67.2 Å². The summed E-state index contributed by atoms with van der Waals surface area (Å²) in [5.41, 5.74) is 5.27. The van der Waals surface area contributed by atoms with Crippen molar-refractivity contribution in [3.63, 3.8) is 0 Å². The van der Waals surface area contributed by atoms with E-state index in [0.29, 0.717) is 11.8 Å². The first-order valence-electron chi connectivity index (χ1n) is 14.1. The molecule has 0 aliphatic rings. The Kier molecular flexibility index (Phi) is 26.0. The standard InChI is InChI=1S/C14H17N.C10H15N.2C3H9N.2C2H6/c1-10(2)12-9-8-11-6-4-5-7-13(11)14(12)15-3;1-8(2)9-6-4-5-7-10(9)11-3;2*1-4(2)3;2*1-2/h4-10,15H,1-3H3;4-8,11H,1-3H3;2*1-3H3;2*1-2H3. The second kappa shape index (κ2) is 24.8. The van der Waals surface area contributed by atoms with Crippen LogP contribution in [-0.4, -0.2) is 66.2 Å². The molecule has 0 saturated carbocycles. The van der Waals surface area contributed by atoms with E-state index in [1.807, 2.05) is 93.9 Å². The number of rotatable bonds is 4. The van der Waals surface area contributed by atoms with Gasteiger partial charge in [0, 0.05) is 30.9 Å². The van der Waals surface area contributed by atoms with E-state index in [0.717, 1.165) is 0 Å². The van der Waals surface area contributed by atoms with Gasteiger partial charge in [-0.1, -0.05) is 110 Å². The summed E-state index contributed by atoms with van der Waals surface area (Å²) in [7, 11) is 16.0. The van der Waals surface area contributed by atoms with Crippen LogP contribution in [0, 0.1) is 0 Å². The fourth-order valence-corrected chi connectivity index (χ4v) is 3.28. The van der Waals surface area contributed by atoms with Crippen molar-refractivity contribution in [2.75, 3.05) is 67.0 Å². The summed E-state index contributed by atoms with van der Waals surface area (Å²) in [5, 5.41) is 9.11. The highest BCUT2D eigenvalue weighted by molar-refractivity contribution is 5.95. The molecule has 0 aliphatic carbocycles. The molecule has 3 aromatic rings. The first-order valence-corrected chi connectivity index (χ1v) is 14.1. The molecule has 4 heteroatoms. The molecule has 3 rings (SSSR count). The van der Waals surface area contributed by atoms with Crippen LogP contribution in [0.1, 0.15) is 78.4 Å². The molecule has 0 spiro atoms. The second-order valence-electron chi connectivity index (χ2n) is 9.83. The lowest BCUT2D eigenvalue weighted by Gasteiger charge is -2.15. The maximum absolute atomic E-state index is 3.32. The first-order chi connectivity index (χ1) is 18.0. The summed E-state index contributed by atoms with van der Waals surface area (Å²) in [5.74, 6) is 1.15. The fourth-order valence-electron chi connectivity index (χ4n) is 3.28. The van der Waals surface area contributed by atoms with Gasteiger partial charge in [-0.15, -0.1) is 0 Å². The van der Waals surface area contributed by atoms with E-state index in [9.17, 15) is 0 Å².